The Balaban J connectivity index is 2.38. The first-order valence-electron chi connectivity index (χ1n) is 6.13. The topological polar surface area (TPSA) is 60.2 Å². The van der Waals surface area contributed by atoms with Gasteiger partial charge in [-0.2, -0.15) is 0 Å². The van der Waals surface area contributed by atoms with Gasteiger partial charge in [0.2, 0.25) is 0 Å². The summed E-state index contributed by atoms with van der Waals surface area (Å²) in [5.74, 6) is -1.04. The van der Waals surface area contributed by atoms with Crippen LogP contribution in [0.2, 0.25) is 0 Å². The van der Waals surface area contributed by atoms with Gasteiger partial charge in [0.25, 0.3) is 0 Å². The van der Waals surface area contributed by atoms with Gasteiger partial charge in [-0.1, -0.05) is 18.2 Å². The van der Waals surface area contributed by atoms with Crippen LogP contribution in [-0.4, -0.2) is 8.42 Å². The first-order chi connectivity index (χ1) is 9.29. The molecule has 0 unspecified atom stereocenters. The van der Waals surface area contributed by atoms with Crippen molar-refractivity contribution < 1.29 is 12.8 Å². The number of rotatable bonds is 3. The van der Waals surface area contributed by atoms with Gasteiger partial charge in [-0.25, -0.2) is 12.8 Å². The largest absolute Gasteiger partial charge is 0.399 e. The number of nitrogens with two attached hydrogens (primary N) is 1. The van der Waals surface area contributed by atoms with Crippen LogP contribution >= 0.6 is 0 Å². The molecule has 0 saturated heterocycles. The van der Waals surface area contributed by atoms with Gasteiger partial charge in [0.1, 0.15) is 10.7 Å². The smallest absolute Gasteiger partial charge is 0.185 e. The lowest BCUT2D eigenvalue weighted by Crippen LogP contribution is -2.08. The number of hydrogen-bond acceptors (Lipinski definition) is 3. The van der Waals surface area contributed by atoms with E-state index in [2.05, 4.69) is 0 Å². The summed E-state index contributed by atoms with van der Waals surface area (Å²) in [5.41, 5.74) is 8.37. The molecule has 0 bridgehead atoms. The molecule has 20 heavy (non-hydrogen) atoms. The molecule has 0 aliphatic carbocycles. The molecule has 0 radical (unpaired) electrons. The highest BCUT2D eigenvalue weighted by atomic mass is 32.2. The molecule has 0 saturated carbocycles. The van der Waals surface area contributed by atoms with Crippen LogP contribution in [-0.2, 0) is 15.6 Å². The van der Waals surface area contributed by atoms with Crippen LogP contribution in [0.1, 0.15) is 16.7 Å². The lowest BCUT2D eigenvalue weighted by Gasteiger charge is -2.08. The van der Waals surface area contributed by atoms with Crippen molar-refractivity contribution in [2.24, 2.45) is 0 Å². The van der Waals surface area contributed by atoms with Crippen molar-refractivity contribution in [2.45, 2.75) is 24.5 Å². The number of halogens is 1. The van der Waals surface area contributed by atoms with E-state index in [1.54, 1.807) is 6.07 Å². The molecular weight excluding hydrogens is 277 g/mol. The van der Waals surface area contributed by atoms with E-state index in [-0.39, 0.29) is 16.3 Å². The van der Waals surface area contributed by atoms with Crippen molar-refractivity contribution in [3.05, 3.63) is 58.9 Å². The molecule has 106 valence electrons. The van der Waals surface area contributed by atoms with Crippen molar-refractivity contribution in [1.29, 1.82) is 0 Å². The van der Waals surface area contributed by atoms with Crippen LogP contribution in [0.3, 0.4) is 0 Å². The number of sulfone groups is 1. The fourth-order valence-electron chi connectivity index (χ4n) is 1.96. The third-order valence-corrected chi connectivity index (χ3v) is 4.93. The van der Waals surface area contributed by atoms with Gasteiger partial charge in [0.05, 0.1) is 5.75 Å². The van der Waals surface area contributed by atoms with Crippen molar-refractivity contribution in [3.8, 4) is 0 Å². The Kier molecular flexibility index (Phi) is 3.81. The fourth-order valence-corrected chi connectivity index (χ4v) is 3.37. The van der Waals surface area contributed by atoms with E-state index in [1.807, 2.05) is 26.0 Å². The summed E-state index contributed by atoms with van der Waals surface area (Å²) < 4.78 is 38.2. The monoisotopic (exact) mass is 293 g/mol. The highest BCUT2D eigenvalue weighted by Gasteiger charge is 2.20. The molecule has 5 heteroatoms. The normalized spacial score (nSPS) is 11.6. The molecule has 2 rings (SSSR count). The Hall–Kier alpha value is -1.88. The zero-order valence-electron chi connectivity index (χ0n) is 11.4. The van der Waals surface area contributed by atoms with Crippen molar-refractivity contribution in [2.75, 3.05) is 5.73 Å². The van der Waals surface area contributed by atoms with E-state index < -0.39 is 15.7 Å². The summed E-state index contributed by atoms with van der Waals surface area (Å²) in [6.07, 6.45) is 0. The Morgan fingerprint density at radius 1 is 1.05 bits per heavy atom. The quantitative estimate of drug-likeness (QED) is 0.885. The molecule has 0 fully saturated rings. The SMILES string of the molecule is Cc1ccc(CS(=O)(=O)c2ccc(N)cc2F)cc1C. The first kappa shape index (κ1) is 14.5. The van der Waals surface area contributed by atoms with Gasteiger partial charge in [-0.15, -0.1) is 0 Å². The second-order valence-electron chi connectivity index (χ2n) is 4.87. The van der Waals surface area contributed by atoms with Crippen molar-refractivity contribution in [1.82, 2.24) is 0 Å². The Morgan fingerprint density at radius 2 is 1.75 bits per heavy atom. The predicted octanol–water partition coefficient (Wildman–Crippen LogP) is 3.00. The standard InChI is InChI=1S/C15H16FNO2S/c1-10-3-4-12(7-11(10)2)9-20(18,19)15-6-5-13(17)8-14(15)16/h3-8H,9,17H2,1-2H3. The minimum absolute atomic E-state index is 0.202. The summed E-state index contributed by atoms with van der Waals surface area (Å²) in [6.45, 7) is 3.86. The fraction of sp³-hybridized carbons (Fsp3) is 0.200. The van der Waals surface area contributed by atoms with Crippen LogP contribution in [0.15, 0.2) is 41.3 Å². The second kappa shape index (κ2) is 5.25. The predicted molar refractivity (Wildman–Crippen MR) is 77.6 cm³/mol. The van der Waals surface area contributed by atoms with Gasteiger partial charge >= 0.3 is 0 Å². The minimum Gasteiger partial charge on any atom is -0.399 e. The maximum absolute atomic E-state index is 13.7. The molecule has 0 atom stereocenters. The van der Waals surface area contributed by atoms with E-state index in [4.69, 9.17) is 5.73 Å². The van der Waals surface area contributed by atoms with E-state index in [1.165, 1.54) is 12.1 Å². The molecule has 2 aromatic rings. The minimum atomic E-state index is -3.72. The maximum Gasteiger partial charge on any atom is 0.185 e. The van der Waals surface area contributed by atoms with Crippen LogP contribution in [0.25, 0.3) is 0 Å². The zero-order valence-corrected chi connectivity index (χ0v) is 12.2. The Morgan fingerprint density at radius 3 is 2.35 bits per heavy atom. The average molecular weight is 293 g/mol. The third-order valence-electron chi connectivity index (χ3n) is 3.22. The third kappa shape index (κ3) is 2.99. The first-order valence-corrected chi connectivity index (χ1v) is 7.79. The van der Waals surface area contributed by atoms with Gasteiger partial charge in [0, 0.05) is 5.69 Å². The van der Waals surface area contributed by atoms with Crippen LogP contribution in [0.5, 0.6) is 0 Å². The number of hydrogen-bond donors (Lipinski definition) is 1. The summed E-state index contributed by atoms with van der Waals surface area (Å²) in [6, 6.07) is 9.03. The lowest BCUT2D eigenvalue weighted by atomic mass is 10.1. The number of nitrogen functional groups attached to an aromatic ring is 1. The summed E-state index contributed by atoms with van der Waals surface area (Å²) in [5, 5.41) is 0. The van der Waals surface area contributed by atoms with Gasteiger partial charge < -0.3 is 5.73 Å². The van der Waals surface area contributed by atoms with Crippen molar-refractivity contribution in [3.63, 3.8) is 0 Å². The molecule has 0 aliphatic rings. The average Bonchev–Trinajstić information content (AvgIpc) is 2.33. The molecule has 0 aliphatic heterocycles. The summed E-state index contributed by atoms with van der Waals surface area (Å²) >= 11 is 0. The van der Waals surface area contributed by atoms with Crippen LogP contribution < -0.4 is 5.73 Å². The molecule has 3 nitrogen and oxygen atoms in total. The van der Waals surface area contributed by atoms with Crippen LogP contribution in [0.4, 0.5) is 10.1 Å². The molecule has 0 aromatic heterocycles. The number of benzene rings is 2. The van der Waals surface area contributed by atoms with E-state index in [0.717, 1.165) is 17.2 Å². The highest BCUT2D eigenvalue weighted by molar-refractivity contribution is 7.90. The van der Waals surface area contributed by atoms with E-state index in [0.29, 0.717) is 5.56 Å². The molecular formula is C15H16FNO2S. The molecule has 2 aromatic carbocycles. The number of anilines is 1. The maximum atomic E-state index is 13.7. The highest BCUT2D eigenvalue weighted by Crippen LogP contribution is 2.22. The second-order valence-corrected chi connectivity index (χ2v) is 6.83. The molecule has 0 heterocycles. The van der Waals surface area contributed by atoms with Gasteiger partial charge in [-0.3, -0.25) is 0 Å². The van der Waals surface area contributed by atoms with Gasteiger partial charge in [0.15, 0.2) is 9.84 Å². The van der Waals surface area contributed by atoms with E-state index in [9.17, 15) is 12.8 Å². The van der Waals surface area contributed by atoms with Gasteiger partial charge in [-0.05, 0) is 48.7 Å². The Labute approximate surface area is 118 Å². The molecule has 0 spiro atoms. The summed E-state index contributed by atoms with van der Waals surface area (Å²) in [4.78, 5) is -0.315. The molecule has 0 amide bonds. The van der Waals surface area contributed by atoms with Crippen molar-refractivity contribution >= 4 is 15.5 Å². The van der Waals surface area contributed by atoms with Crippen LogP contribution in [0, 0.1) is 19.7 Å². The number of aryl methyl sites for hydroxylation is 2. The lowest BCUT2D eigenvalue weighted by molar-refractivity contribution is 0.567. The zero-order chi connectivity index (χ0) is 14.9. The molecule has 2 N–H and O–H groups in total. The van der Waals surface area contributed by atoms with E-state index >= 15 is 0 Å². The summed E-state index contributed by atoms with van der Waals surface area (Å²) in [7, 11) is -3.72. The Bertz CT molecular complexity index is 754.